The van der Waals surface area contributed by atoms with Crippen molar-refractivity contribution >= 4 is 29.3 Å². The van der Waals surface area contributed by atoms with Crippen molar-refractivity contribution < 1.29 is 14.0 Å². The van der Waals surface area contributed by atoms with Crippen molar-refractivity contribution in [2.24, 2.45) is 11.3 Å². The lowest BCUT2D eigenvalue weighted by Gasteiger charge is -2.32. The smallest absolute Gasteiger partial charge is 0.232 e. The molecule has 0 N–H and O–H groups in total. The number of benzene rings is 1. The Hall–Kier alpha value is -2.08. The summed E-state index contributed by atoms with van der Waals surface area (Å²) in [5.74, 6) is 0.185. The van der Waals surface area contributed by atoms with Gasteiger partial charge in [0.25, 0.3) is 0 Å². The van der Waals surface area contributed by atoms with Crippen LogP contribution < -0.4 is 4.90 Å². The molecule has 1 aromatic rings. The second kappa shape index (κ2) is 10.3. The lowest BCUT2D eigenvalue weighted by Crippen LogP contribution is -2.40. The number of rotatable bonds is 6. The molecule has 0 bridgehead atoms. The Morgan fingerprint density at radius 1 is 1.20 bits per heavy atom. The maximum Gasteiger partial charge on any atom is 0.232 e. The van der Waals surface area contributed by atoms with Crippen LogP contribution in [0.2, 0.25) is 0 Å². The number of anilines is 1. The van der Waals surface area contributed by atoms with Crippen molar-refractivity contribution in [2.75, 3.05) is 24.5 Å². The van der Waals surface area contributed by atoms with Crippen LogP contribution in [0.1, 0.15) is 47.5 Å². The minimum Gasteiger partial charge on any atom is -0.343 e. The number of carbonyl (C=O) groups is 2. The summed E-state index contributed by atoms with van der Waals surface area (Å²) in [6.45, 7) is 15.5. The van der Waals surface area contributed by atoms with Gasteiger partial charge in [-0.1, -0.05) is 27.4 Å². The van der Waals surface area contributed by atoms with E-state index in [1.54, 1.807) is 35.7 Å². The molecule has 0 radical (unpaired) electrons. The number of piperidine rings is 1. The van der Waals surface area contributed by atoms with E-state index in [4.69, 9.17) is 0 Å². The molecule has 1 heterocycles. The first kappa shape index (κ1) is 24.2. The Labute approximate surface area is 184 Å². The number of allylic oxidation sites excluding steroid dienone is 1. The van der Waals surface area contributed by atoms with Crippen LogP contribution in [0.5, 0.6) is 0 Å². The van der Waals surface area contributed by atoms with Gasteiger partial charge in [-0.3, -0.25) is 9.59 Å². The summed E-state index contributed by atoms with van der Waals surface area (Å²) in [6, 6.07) is 6.03. The minimum atomic E-state index is -0.546. The van der Waals surface area contributed by atoms with E-state index in [9.17, 15) is 14.0 Å². The van der Waals surface area contributed by atoms with Crippen LogP contribution in [-0.2, 0) is 9.59 Å². The van der Waals surface area contributed by atoms with Crippen molar-refractivity contribution in [3.05, 3.63) is 52.5 Å². The van der Waals surface area contributed by atoms with E-state index in [0.717, 1.165) is 36.4 Å². The number of amides is 2. The molecular formula is C24H33FN2O2S. The minimum absolute atomic E-state index is 0.0118. The third-order valence-electron chi connectivity index (χ3n) is 5.24. The Bertz CT molecular complexity index is 803. The Balaban J connectivity index is 2.04. The first-order chi connectivity index (χ1) is 14.0. The number of hydrogen-bond donors (Lipinski definition) is 0. The highest BCUT2D eigenvalue weighted by molar-refractivity contribution is 8.05. The van der Waals surface area contributed by atoms with Crippen molar-refractivity contribution in [2.45, 2.75) is 47.5 Å². The van der Waals surface area contributed by atoms with Crippen LogP contribution >= 0.6 is 11.8 Å². The Morgan fingerprint density at radius 3 is 2.27 bits per heavy atom. The van der Waals surface area contributed by atoms with E-state index in [1.165, 1.54) is 12.1 Å². The van der Waals surface area contributed by atoms with Gasteiger partial charge < -0.3 is 9.80 Å². The Kier molecular flexibility index (Phi) is 8.30. The third kappa shape index (κ3) is 6.73. The number of hydrogen-bond acceptors (Lipinski definition) is 3. The molecular weight excluding hydrogens is 399 g/mol. The first-order valence-electron chi connectivity index (χ1n) is 10.3. The average Bonchev–Trinajstić information content (AvgIpc) is 2.70. The van der Waals surface area contributed by atoms with Gasteiger partial charge in [0.05, 0.1) is 0 Å². The number of carbonyl (C=O) groups excluding carboxylic acids is 2. The van der Waals surface area contributed by atoms with E-state index in [2.05, 4.69) is 6.58 Å². The van der Waals surface area contributed by atoms with Crippen molar-refractivity contribution in [1.82, 2.24) is 4.90 Å². The highest BCUT2D eigenvalue weighted by atomic mass is 32.2. The van der Waals surface area contributed by atoms with E-state index >= 15 is 0 Å². The van der Waals surface area contributed by atoms with Gasteiger partial charge in [0.15, 0.2) is 0 Å². The molecule has 0 spiro atoms. The van der Waals surface area contributed by atoms with Gasteiger partial charge in [0.2, 0.25) is 11.8 Å². The summed E-state index contributed by atoms with van der Waals surface area (Å²) in [5.41, 5.74) is 1.17. The summed E-state index contributed by atoms with van der Waals surface area (Å²) in [5, 5.41) is 2.05. The molecule has 2 amide bonds. The van der Waals surface area contributed by atoms with Gasteiger partial charge in [0, 0.05) is 37.7 Å². The second-order valence-electron chi connectivity index (χ2n) is 8.95. The van der Waals surface area contributed by atoms with Gasteiger partial charge in [-0.15, -0.1) is 11.8 Å². The summed E-state index contributed by atoms with van der Waals surface area (Å²) >= 11 is 1.60. The predicted molar refractivity (Wildman–Crippen MR) is 124 cm³/mol. The number of likely N-dealkylation sites (tertiary alicyclic amines) is 1. The van der Waals surface area contributed by atoms with Crippen molar-refractivity contribution in [3.8, 4) is 0 Å². The normalized spacial score (nSPS) is 15.8. The van der Waals surface area contributed by atoms with E-state index in [-0.39, 0.29) is 17.6 Å². The molecule has 164 valence electrons. The molecule has 0 unspecified atom stereocenters. The fourth-order valence-corrected chi connectivity index (χ4v) is 4.24. The predicted octanol–water partition coefficient (Wildman–Crippen LogP) is 5.61. The zero-order chi connectivity index (χ0) is 22.5. The SMILES string of the molecule is C=C(S/C=C(\C)CN(C(=O)C(C)(C)C)c1ccc(F)cc1)C1CCN(C(C)=O)CC1. The summed E-state index contributed by atoms with van der Waals surface area (Å²) in [6.07, 6.45) is 1.87. The highest BCUT2D eigenvalue weighted by Crippen LogP contribution is 2.33. The van der Waals surface area contributed by atoms with Crippen LogP contribution in [0.25, 0.3) is 0 Å². The molecule has 4 nitrogen and oxygen atoms in total. The van der Waals surface area contributed by atoms with Gasteiger partial charge >= 0.3 is 0 Å². The molecule has 0 aliphatic carbocycles. The van der Waals surface area contributed by atoms with Crippen LogP contribution in [0.15, 0.2) is 46.7 Å². The third-order valence-corrected chi connectivity index (χ3v) is 6.40. The maximum absolute atomic E-state index is 13.4. The van der Waals surface area contributed by atoms with Gasteiger partial charge in [-0.2, -0.15) is 0 Å². The van der Waals surface area contributed by atoms with E-state index < -0.39 is 5.41 Å². The molecule has 1 saturated heterocycles. The van der Waals surface area contributed by atoms with Gasteiger partial charge in [0.1, 0.15) is 5.82 Å². The van der Waals surface area contributed by atoms with Crippen LogP contribution in [-0.4, -0.2) is 36.3 Å². The second-order valence-corrected chi connectivity index (χ2v) is 9.94. The fourth-order valence-electron chi connectivity index (χ4n) is 3.38. The Morgan fingerprint density at radius 2 is 1.77 bits per heavy atom. The van der Waals surface area contributed by atoms with Gasteiger partial charge in [-0.05, 0) is 65.8 Å². The molecule has 6 heteroatoms. The summed E-state index contributed by atoms with van der Waals surface area (Å²) < 4.78 is 13.4. The van der Waals surface area contributed by atoms with E-state index in [0.29, 0.717) is 18.2 Å². The average molecular weight is 433 g/mol. The molecule has 0 atom stereocenters. The molecule has 30 heavy (non-hydrogen) atoms. The number of halogens is 1. The molecule has 2 rings (SSSR count). The molecule has 1 aliphatic rings. The first-order valence-corrected chi connectivity index (χ1v) is 11.2. The lowest BCUT2D eigenvalue weighted by atomic mass is 9.94. The van der Waals surface area contributed by atoms with Crippen molar-refractivity contribution in [1.29, 1.82) is 0 Å². The molecule has 1 fully saturated rings. The summed E-state index contributed by atoms with van der Waals surface area (Å²) in [7, 11) is 0. The quantitative estimate of drug-likeness (QED) is 0.586. The maximum atomic E-state index is 13.4. The zero-order valence-electron chi connectivity index (χ0n) is 18.7. The number of thioether (sulfide) groups is 1. The lowest BCUT2D eigenvalue weighted by molar-refractivity contribution is -0.130. The highest BCUT2D eigenvalue weighted by Gasteiger charge is 2.28. The van der Waals surface area contributed by atoms with Crippen LogP contribution in [0.4, 0.5) is 10.1 Å². The zero-order valence-corrected chi connectivity index (χ0v) is 19.5. The molecule has 0 aromatic heterocycles. The van der Waals surface area contributed by atoms with E-state index in [1.807, 2.05) is 38.0 Å². The van der Waals surface area contributed by atoms with Gasteiger partial charge in [-0.25, -0.2) is 4.39 Å². The monoisotopic (exact) mass is 432 g/mol. The molecule has 0 saturated carbocycles. The largest absolute Gasteiger partial charge is 0.343 e. The molecule has 1 aromatic carbocycles. The fraction of sp³-hybridized carbons (Fsp3) is 0.500. The topological polar surface area (TPSA) is 40.6 Å². The standard InChI is InChI=1S/C24H33FN2O2S/c1-17(16-30-18(2)20-11-13-26(14-12-20)19(3)28)15-27(23(29)24(4,5)6)22-9-7-21(25)8-10-22/h7-10,16,20H,2,11-15H2,1,3-6H3/b17-16+. The van der Waals surface area contributed by atoms with Crippen molar-refractivity contribution in [3.63, 3.8) is 0 Å². The molecule has 1 aliphatic heterocycles. The number of nitrogens with zero attached hydrogens (tertiary/aromatic N) is 2. The van der Waals surface area contributed by atoms with Crippen LogP contribution in [0, 0.1) is 17.2 Å². The van der Waals surface area contributed by atoms with Crippen LogP contribution in [0.3, 0.4) is 0 Å². The summed E-state index contributed by atoms with van der Waals surface area (Å²) in [4.78, 5) is 29.2.